The summed E-state index contributed by atoms with van der Waals surface area (Å²) in [6, 6.07) is 7.57. The Balaban J connectivity index is 1.57. The molecule has 0 saturated heterocycles. The second-order valence-corrected chi connectivity index (χ2v) is 8.95. The highest BCUT2D eigenvalue weighted by molar-refractivity contribution is 7.89. The van der Waals surface area contributed by atoms with Crippen LogP contribution < -0.4 is 4.72 Å². The Morgan fingerprint density at radius 3 is 2.77 bits per heavy atom. The molecule has 0 bridgehead atoms. The number of aliphatic carboxylic acids is 1. The number of sulfonamides is 1. The summed E-state index contributed by atoms with van der Waals surface area (Å²) in [5, 5.41) is 11.7. The van der Waals surface area contributed by atoms with Crippen molar-refractivity contribution in [2.45, 2.75) is 17.5 Å². The van der Waals surface area contributed by atoms with Crippen LogP contribution in [0.25, 0.3) is 21.6 Å². The molecule has 30 heavy (non-hydrogen) atoms. The number of carboxylic acid groups (broad SMARTS) is 1. The molecule has 3 aromatic heterocycles. The van der Waals surface area contributed by atoms with Gasteiger partial charge in [-0.2, -0.15) is 4.72 Å². The summed E-state index contributed by atoms with van der Waals surface area (Å²) in [4.78, 5) is 22.9. The summed E-state index contributed by atoms with van der Waals surface area (Å²) >= 11 is 1.06. The molecule has 1 atom stereocenters. The number of carboxylic acids is 1. The first-order chi connectivity index (χ1) is 14.3. The van der Waals surface area contributed by atoms with Crippen LogP contribution in [0.5, 0.6) is 0 Å². The Hall–Kier alpha value is -3.15. The molecule has 3 heterocycles. The Labute approximate surface area is 174 Å². The molecule has 1 aromatic carbocycles. The lowest BCUT2D eigenvalue weighted by molar-refractivity contribution is -0.138. The van der Waals surface area contributed by atoms with Gasteiger partial charge in [-0.25, -0.2) is 22.8 Å². The molecule has 0 aliphatic rings. The third kappa shape index (κ3) is 4.08. The summed E-state index contributed by atoms with van der Waals surface area (Å²) in [5.41, 5.74) is 1.77. The molecule has 0 aliphatic carbocycles. The number of thiazole rings is 1. The minimum atomic E-state index is -4.19. The van der Waals surface area contributed by atoms with Gasteiger partial charge in [0.15, 0.2) is 5.03 Å². The first kappa shape index (κ1) is 20.1. The lowest BCUT2D eigenvalue weighted by Gasteiger charge is -2.13. The predicted octanol–water partition coefficient (Wildman–Crippen LogP) is 2.80. The monoisotopic (exact) mass is 446 g/mol. The number of aromatic amines is 1. The fourth-order valence-electron chi connectivity index (χ4n) is 2.94. The Morgan fingerprint density at radius 1 is 1.27 bits per heavy atom. The maximum atomic E-state index is 13.1. The van der Waals surface area contributed by atoms with E-state index in [2.05, 4.69) is 19.7 Å². The number of fused-ring (bicyclic) bond motifs is 1. The van der Waals surface area contributed by atoms with Gasteiger partial charge in [0.2, 0.25) is 0 Å². The molecule has 0 spiro atoms. The van der Waals surface area contributed by atoms with Crippen LogP contribution in [0.1, 0.15) is 5.56 Å². The molecular weight excluding hydrogens is 431 g/mol. The van der Waals surface area contributed by atoms with Crippen LogP contribution in [0.15, 0.2) is 59.2 Å². The van der Waals surface area contributed by atoms with Gasteiger partial charge in [0.1, 0.15) is 22.5 Å². The minimum absolute atomic E-state index is 0.0742. The summed E-state index contributed by atoms with van der Waals surface area (Å²) in [6.45, 7) is 0. The van der Waals surface area contributed by atoms with E-state index in [9.17, 15) is 22.7 Å². The highest BCUT2D eigenvalue weighted by atomic mass is 32.2. The van der Waals surface area contributed by atoms with Crippen molar-refractivity contribution in [3.05, 3.63) is 65.6 Å². The van der Waals surface area contributed by atoms with Crippen LogP contribution in [0.2, 0.25) is 0 Å². The van der Waals surface area contributed by atoms with Crippen molar-refractivity contribution in [3.63, 3.8) is 0 Å². The zero-order chi connectivity index (χ0) is 21.3. The zero-order valence-corrected chi connectivity index (χ0v) is 16.9. The Morgan fingerprint density at radius 2 is 2.03 bits per heavy atom. The molecule has 1 unspecified atom stereocenters. The van der Waals surface area contributed by atoms with Gasteiger partial charge in [-0.3, -0.25) is 4.79 Å². The van der Waals surface area contributed by atoms with Gasteiger partial charge >= 0.3 is 5.97 Å². The number of rotatable bonds is 7. The van der Waals surface area contributed by atoms with Crippen molar-refractivity contribution < 1.29 is 22.7 Å². The molecule has 4 aromatic rings. The number of nitrogens with one attached hydrogen (secondary N) is 2. The lowest BCUT2D eigenvalue weighted by atomic mass is 10.1. The largest absolute Gasteiger partial charge is 0.480 e. The summed E-state index contributed by atoms with van der Waals surface area (Å²) in [7, 11) is -4.19. The van der Waals surface area contributed by atoms with E-state index >= 15 is 0 Å². The number of hydrogen-bond acceptors (Lipinski definition) is 6. The molecule has 0 saturated carbocycles. The molecule has 0 amide bonds. The number of carbonyl (C=O) groups is 1. The molecule has 11 heteroatoms. The van der Waals surface area contributed by atoms with Crippen molar-refractivity contribution in [1.29, 1.82) is 0 Å². The molecular formula is C19H15FN4O4S2. The SMILES string of the molecule is O=C(O)C(Cc1c[nH]c2ncccc12)NS(=O)(=O)c1csc(-c2ccc(F)cc2)n1. The first-order valence-electron chi connectivity index (χ1n) is 8.71. The Bertz CT molecular complexity index is 1320. The van der Waals surface area contributed by atoms with E-state index < -0.39 is 27.9 Å². The van der Waals surface area contributed by atoms with Gasteiger partial charge in [-0.05, 0) is 42.0 Å². The number of benzene rings is 1. The molecule has 4 rings (SSSR count). The van der Waals surface area contributed by atoms with Gasteiger partial charge in [-0.15, -0.1) is 11.3 Å². The molecule has 0 radical (unpaired) electrons. The number of nitrogens with zero attached hydrogens (tertiary/aromatic N) is 2. The van der Waals surface area contributed by atoms with Crippen molar-refractivity contribution in [2.75, 3.05) is 0 Å². The molecule has 154 valence electrons. The number of pyridine rings is 1. The molecule has 8 nitrogen and oxygen atoms in total. The van der Waals surface area contributed by atoms with Gasteiger partial charge < -0.3 is 10.1 Å². The van der Waals surface area contributed by atoms with E-state index in [0.717, 1.165) is 16.7 Å². The number of hydrogen-bond donors (Lipinski definition) is 3. The second kappa shape index (κ2) is 7.94. The normalized spacial score (nSPS) is 12.8. The van der Waals surface area contributed by atoms with E-state index in [-0.39, 0.29) is 11.4 Å². The number of aromatic nitrogens is 3. The van der Waals surface area contributed by atoms with Gasteiger partial charge in [0.05, 0.1) is 0 Å². The summed E-state index contributed by atoms with van der Waals surface area (Å²) in [5.74, 6) is -1.73. The maximum absolute atomic E-state index is 13.1. The fraction of sp³-hybridized carbons (Fsp3) is 0.105. The average molecular weight is 446 g/mol. The third-order valence-corrected chi connectivity index (χ3v) is 6.80. The van der Waals surface area contributed by atoms with Crippen molar-refractivity contribution in [3.8, 4) is 10.6 Å². The van der Waals surface area contributed by atoms with E-state index in [1.54, 1.807) is 24.5 Å². The Kier molecular flexibility index (Phi) is 5.33. The number of halogens is 1. The minimum Gasteiger partial charge on any atom is -0.480 e. The second-order valence-electron chi connectivity index (χ2n) is 6.43. The van der Waals surface area contributed by atoms with E-state index in [1.165, 1.54) is 29.6 Å². The lowest BCUT2D eigenvalue weighted by Crippen LogP contribution is -2.42. The third-order valence-electron chi connectivity index (χ3n) is 4.41. The van der Waals surface area contributed by atoms with E-state index in [0.29, 0.717) is 21.8 Å². The van der Waals surface area contributed by atoms with Crippen LogP contribution in [0.3, 0.4) is 0 Å². The van der Waals surface area contributed by atoms with Crippen LogP contribution >= 0.6 is 11.3 Å². The van der Waals surface area contributed by atoms with Crippen molar-refractivity contribution in [2.24, 2.45) is 0 Å². The van der Waals surface area contributed by atoms with Gasteiger partial charge in [0, 0.05) is 35.1 Å². The molecule has 0 aliphatic heterocycles. The standard InChI is InChI=1S/C19H15FN4O4S2/c20-13-5-3-11(4-6-13)18-23-16(10-29-18)30(27,28)24-15(19(25)26)8-12-9-22-17-14(12)2-1-7-21-17/h1-7,9-10,15,24H,8H2,(H,21,22)(H,25,26). The molecule has 0 fully saturated rings. The van der Waals surface area contributed by atoms with Gasteiger partial charge in [0.25, 0.3) is 10.0 Å². The van der Waals surface area contributed by atoms with Crippen LogP contribution in [-0.4, -0.2) is 40.5 Å². The average Bonchev–Trinajstić information content (AvgIpc) is 3.36. The quantitative estimate of drug-likeness (QED) is 0.401. The van der Waals surface area contributed by atoms with E-state index in [4.69, 9.17) is 0 Å². The zero-order valence-electron chi connectivity index (χ0n) is 15.2. The first-order valence-corrected chi connectivity index (χ1v) is 11.1. The van der Waals surface area contributed by atoms with Crippen LogP contribution in [0.4, 0.5) is 4.39 Å². The summed E-state index contributed by atoms with van der Waals surface area (Å²) in [6.07, 6.45) is 3.13. The smallest absolute Gasteiger partial charge is 0.322 e. The summed E-state index contributed by atoms with van der Waals surface area (Å²) < 4.78 is 40.7. The maximum Gasteiger partial charge on any atom is 0.322 e. The number of H-pyrrole nitrogens is 1. The highest BCUT2D eigenvalue weighted by Crippen LogP contribution is 2.26. The van der Waals surface area contributed by atoms with E-state index in [1.807, 2.05) is 0 Å². The predicted molar refractivity (Wildman–Crippen MR) is 109 cm³/mol. The van der Waals surface area contributed by atoms with Crippen molar-refractivity contribution in [1.82, 2.24) is 19.7 Å². The van der Waals surface area contributed by atoms with Crippen molar-refractivity contribution >= 4 is 38.4 Å². The van der Waals surface area contributed by atoms with Gasteiger partial charge in [-0.1, -0.05) is 0 Å². The van der Waals surface area contributed by atoms with Crippen LogP contribution in [0, 0.1) is 5.82 Å². The van der Waals surface area contributed by atoms with Crippen LogP contribution in [-0.2, 0) is 21.2 Å². The topological polar surface area (TPSA) is 125 Å². The fourth-order valence-corrected chi connectivity index (χ4v) is 5.22. The highest BCUT2D eigenvalue weighted by Gasteiger charge is 2.28. The molecule has 3 N–H and O–H groups in total.